The van der Waals surface area contributed by atoms with Crippen molar-refractivity contribution in [3.05, 3.63) is 0 Å². The molecule has 70 valence electrons. The number of carbonyl (C=O) groups excluding carboxylic acids is 1. The molecule has 1 unspecified atom stereocenters. The Morgan fingerprint density at radius 1 is 1.67 bits per heavy atom. The number of rotatable bonds is 5. The summed E-state index contributed by atoms with van der Waals surface area (Å²) in [5.41, 5.74) is 0. The van der Waals surface area contributed by atoms with Gasteiger partial charge in [-0.25, -0.2) is 0 Å². The lowest BCUT2D eigenvalue weighted by Crippen LogP contribution is -2.45. The highest BCUT2D eigenvalue weighted by Crippen LogP contribution is 2.08. The molecule has 1 aliphatic rings. The summed E-state index contributed by atoms with van der Waals surface area (Å²) in [7, 11) is 0. The van der Waals surface area contributed by atoms with E-state index in [1.165, 1.54) is 0 Å². The highest BCUT2D eigenvalue weighted by atomic mass is 32.2. The van der Waals surface area contributed by atoms with Crippen molar-refractivity contribution in [2.75, 3.05) is 24.6 Å². The van der Waals surface area contributed by atoms with E-state index in [1.807, 2.05) is 0 Å². The standard InChI is InChI=1S/C8H15NO2S/c1-7(10)2-3-12(11)6-8-4-9-5-8/h8-9H,2-6H2,1H3. The van der Waals surface area contributed by atoms with Gasteiger partial charge < -0.3 is 9.87 Å². The zero-order valence-corrected chi connectivity index (χ0v) is 8.15. The molecule has 0 aliphatic carbocycles. The monoisotopic (exact) mass is 189 g/mol. The first-order valence-corrected chi connectivity index (χ1v) is 5.72. The highest BCUT2D eigenvalue weighted by molar-refractivity contribution is 7.91. The third-order valence-electron chi connectivity index (χ3n) is 1.97. The third-order valence-corrected chi connectivity index (χ3v) is 3.47. The largest absolute Gasteiger partial charge is 0.616 e. The van der Waals surface area contributed by atoms with E-state index in [2.05, 4.69) is 5.32 Å². The van der Waals surface area contributed by atoms with Crippen LogP contribution < -0.4 is 5.32 Å². The van der Waals surface area contributed by atoms with E-state index in [0.29, 0.717) is 18.1 Å². The fourth-order valence-electron chi connectivity index (χ4n) is 1.07. The van der Waals surface area contributed by atoms with Crippen molar-refractivity contribution in [2.45, 2.75) is 13.3 Å². The third kappa shape index (κ3) is 3.56. The van der Waals surface area contributed by atoms with Gasteiger partial charge in [0.15, 0.2) is 0 Å². The minimum absolute atomic E-state index is 0.134. The fraction of sp³-hybridized carbons (Fsp3) is 0.875. The average Bonchev–Trinajstić information content (AvgIpc) is 1.93. The quantitative estimate of drug-likeness (QED) is 0.616. The van der Waals surface area contributed by atoms with Gasteiger partial charge in [-0.3, -0.25) is 4.79 Å². The van der Waals surface area contributed by atoms with E-state index in [-0.39, 0.29) is 5.78 Å². The van der Waals surface area contributed by atoms with Crippen molar-refractivity contribution in [3.63, 3.8) is 0 Å². The second kappa shape index (κ2) is 4.84. The summed E-state index contributed by atoms with van der Waals surface area (Å²) >= 11 is -0.780. The van der Waals surface area contributed by atoms with Crippen molar-refractivity contribution >= 4 is 17.0 Å². The van der Waals surface area contributed by atoms with E-state index in [1.54, 1.807) is 6.92 Å². The Morgan fingerprint density at radius 2 is 2.33 bits per heavy atom. The molecule has 0 amide bonds. The van der Waals surface area contributed by atoms with Gasteiger partial charge in [0.25, 0.3) is 0 Å². The Bertz CT molecular complexity index is 159. The number of hydrogen-bond acceptors (Lipinski definition) is 3. The van der Waals surface area contributed by atoms with E-state index in [4.69, 9.17) is 0 Å². The van der Waals surface area contributed by atoms with Crippen LogP contribution in [-0.2, 0) is 16.0 Å². The maximum Gasteiger partial charge on any atom is 0.134 e. The van der Waals surface area contributed by atoms with E-state index in [9.17, 15) is 9.35 Å². The van der Waals surface area contributed by atoms with Gasteiger partial charge in [0.05, 0.1) is 6.42 Å². The molecular weight excluding hydrogens is 174 g/mol. The maximum absolute atomic E-state index is 11.3. The fourth-order valence-corrected chi connectivity index (χ4v) is 2.51. The van der Waals surface area contributed by atoms with Gasteiger partial charge in [-0.2, -0.15) is 0 Å². The molecule has 1 heterocycles. The highest BCUT2D eigenvalue weighted by Gasteiger charge is 2.22. The van der Waals surface area contributed by atoms with Gasteiger partial charge in [-0.15, -0.1) is 0 Å². The van der Waals surface area contributed by atoms with Crippen LogP contribution in [-0.4, -0.2) is 34.9 Å². The van der Waals surface area contributed by atoms with Crippen molar-refractivity contribution in [1.82, 2.24) is 5.32 Å². The van der Waals surface area contributed by atoms with Gasteiger partial charge in [0.2, 0.25) is 0 Å². The summed E-state index contributed by atoms with van der Waals surface area (Å²) in [6, 6.07) is 0. The van der Waals surface area contributed by atoms with Gasteiger partial charge in [0, 0.05) is 19.0 Å². The molecule has 1 N–H and O–H groups in total. The Labute approximate surface area is 76.1 Å². The number of nitrogens with one attached hydrogen (secondary N) is 1. The molecule has 3 nitrogen and oxygen atoms in total. The minimum atomic E-state index is -0.780. The van der Waals surface area contributed by atoms with Gasteiger partial charge >= 0.3 is 0 Å². The molecular formula is C8H15NO2S. The predicted octanol–water partition coefficient (Wildman–Crippen LogP) is -0.0664. The van der Waals surface area contributed by atoms with Crippen LogP contribution in [0, 0.1) is 5.92 Å². The molecule has 4 heteroatoms. The average molecular weight is 189 g/mol. The minimum Gasteiger partial charge on any atom is -0.616 e. The summed E-state index contributed by atoms with van der Waals surface area (Å²) in [6.45, 7) is 3.53. The molecule has 1 fully saturated rings. The van der Waals surface area contributed by atoms with Crippen LogP contribution in [0.25, 0.3) is 0 Å². The van der Waals surface area contributed by atoms with Crippen molar-refractivity contribution in [2.24, 2.45) is 5.92 Å². The lowest BCUT2D eigenvalue weighted by atomic mass is 10.1. The molecule has 1 atom stereocenters. The molecule has 0 radical (unpaired) electrons. The molecule has 0 spiro atoms. The van der Waals surface area contributed by atoms with Crippen molar-refractivity contribution in [3.8, 4) is 0 Å². The van der Waals surface area contributed by atoms with Crippen molar-refractivity contribution in [1.29, 1.82) is 0 Å². The zero-order valence-electron chi connectivity index (χ0n) is 7.34. The number of carbonyl (C=O) groups is 1. The van der Waals surface area contributed by atoms with Crippen molar-refractivity contribution < 1.29 is 9.35 Å². The summed E-state index contributed by atoms with van der Waals surface area (Å²) in [5.74, 6) is 2.03. The molecule has 1 aliphatic heterocycles. The maximum atomic E-state index is 11.3. The first-order chi connectivity index (χ1) is 5.68. The topological polar surface area (TPSA) is 52.2 Å². The predicted molar refractivity (Wildman–Crippen MR) is 49.5 cm³/mol. The second-order valence-electron chi connectivity index (χ2n) is 3.29. The first kappa shape index (κ1) is 10.0. The molecule has 0 saturated carbocycles. The summed E-state index contributed by atoms with van der Waals surface area (Å²) in [6.07, 6.45) is 0.465. The van der Waals surface area contributed by atoms with Gasteiger partial charge in [-0.1, -0.05) is 11.2 Å². The molecule has 0 aromatic rings. The summed E-state index contributed by atoms with van der Waals surface area (Å²) < 4.78 is 11.3. The van der Waals surface area contributed by atoms with Crippen LogP contribution in [0.15, 0.2) is 0 Å². The van der Waals surface area contributed by atoms with Crippen LogP contribution in [0.2, 0.25) is 0 Å². The Morgan fingerprint density at radius 3 is 2.75 bits per heavy atom. The molecule has 12 heavy (non-hydrogen) atoms. The number of hydrogen-bond donors (Lipinski definition) is 1. The van der Waals surface area contributed by atoms with Crippen LogP contribution >= 0.6 is 0 Å². The zero-order chi connectivity index (χ0) is 8.97. The Kier molecular flexibility index (Phi) is 4.05. The molecule has 1 saturated heterocycles. The first-order valence-electron chi connectivity index (χ1n) is 4.23. The molecule has 0 aromatic carbocycles. The van der Waals surface area contributed by atoms with Crippen LogP contribution in [0.4, 0.5) is 0 Å². The van der Waals surface area contributed by atoms with E-state index >= 15 is 0 Å². The lowest BCUT2D eigenvalue weighted by Gasteiger charge is -2.27. The summed E-state index contributed by atoms with van der Waals surface area (Å²) in [4.78, 5) is 10.6. The molecule has 1 rings (SSSR count). The van der Waals surface area contributed by atoms with Crippen LogP contribution in [0.5, 0.6) is 0 Å². The van der Waals surface area contributed by atoms with Gasteiger partial charge in [-0.05, 0) is 6.92 Å². The SMILES string of the molecule is CC(=O)CC[S+]([O-])CC1CNC1. The van der Waals surface area contributed by atoms with Gasteiger partial charge in [0.1, 0.15) is 17.3 Å². The molecule has 0 bridgehead atoms. The number of Topliss-reactive ketones (excluding diaryl/α,β-unsaturated/α-hetero) is 1. The van der Waals surface area contributed by atoms with E-state index < -0.39 is 11.2 Å². The van der Waals surface area contributed by atoms with Crippen LogP contribution in [0.1, 0.15) is 13.3 Å². The smallest absolute Gasteiger partial charge is 0.134 e. The Hall–Kier alpha value is -0.0600. The number of ketones is 1. The van der Waals surface area contributed by atoms with E-state index in [0.717, 1.165) is 18.8 Å². The second-order valence-corrected chi connectivity index (χ2v) is 4.91. The normalized spacial score (nSPS) is 20.2. The lowest BCUT2D eigenvalue weighted by molar-refractivity contribution is -0.116. The summed E-state index contributed by atoms with van der Waals surface area (Å²) in [5, 5.41) is 3.13. The Balaban J connectivity index is 2.02. The van der Waals surface area contributed by atoms with Crippen LogP contribution in [0.3, 0.4) is 0 Å². The molecule has 0 aromatic heterocycles.